The summed E-state index contributed by atoms with van der Waals surface area (Å²) in [6.07, 6.45) is 3.26. The lowest BCUT2D eigenvalue weighted by Gasteiger charge is -2.26. The first-order chi connectivity index (χ1) is 10.8. The maximum Gasteiger partial charge on any atom is 0.249 e. The zero-order chi connectivity index (χ0) is 15.4. The molecule has 2 fully saturated rings. The van der Waals surface area contributed by atoms with Gasteiger partial charge in [0.1, 0.15) is 6.10 Å². The van der Waals surface area contributed by atoms with Gasteiger partial charge in [0.05, 0.1) is 18.2 Å². The SMILES string of the molecule is NC[C@H]1CC[C@@H](C(=O)NC(c2ccccc2)C2CCCO2)O1. The van der Waals surface area contributed by atoms with Crippen molar-refractivity contribution < 1.29 is 14.3 Å². The molecule has 0 spiro atoms. The first-order valence-corrected chi connectivity index (χ1v) is 8.10. The van der Waals surface area contributed by atoms with Crippen molar-refractivity contribution >= 4 is 5.91 Å². The van der Waals surface area contributed by atoms with Gasteiger partial charge in [0.15, 0.2) is 0 Å². The molecule has 1 amide bonds. The number of carbonyl (C=O) groups excluding carboxylic acids is 1. The van der Waals surface area contributed by atoms with Crippen molar-refractivity contribution in [3.63, 3.8) is 0 Å². The number of amides is 1. The summed E-state index contributed by atoms with van der Waals surface area (Å²) in [7, 11) is 0. The number of benzene rings is 1. The van der Waals surface area contributed by atoms with E-state index in [9.17, 15) is 4.79 Å². The molecule has 4 atom stereocenters. The van der Waals surface area contributed by atoms with Crippen LogP contribution in [0.4, 0.5) is 0 Å². The molecule has 22 heavy (non-hydrogen) atoms. The zero-order valence-corrected chi connectivity index (χ0v) is 12.7. The molecule has 0 aliphatic carbocycles. The van der Waals surface area contributed by atoms with Crippen molar-refractivity contribution in [2.24, 2.45) is 5.73 Å². The van der Waals surface area contributed by atoms with Gasteiger partial charge in [-0.05, 0) is 31.2 Å². The number of nitrogens with one attached hydrogen (secondary N) is 1. The number of carbonyl (C=O) groups is 1. The third kappa shape index (κ3) is 3.48. The molecule has 1 aromatic carbocycles. The Labute approximate surface area is 131 Å². The van der Waals surface area contributed by atoms with Crippen LogP contribution >= 0.6 is 0 Å². The van der Waals surface area contributed by atoms with Gasteiger partial charge >= 0.3 is 0 Å². The highest BCUT2D eigenvalue weighted by Crippen LogP contribution is 2.28. The number of ether oxygens (including phenoxy) is 2. The van der Waals surface area contributed by atoms with Crippen LogP contribution in [-0.2, 0) is 14.3 Å². The van der Waals surface area contributed by atoms with E-state index < -0.39 is 0 Å². The van der Waals surface area contributed by atoms with E-state index in [-0.39, 0.29) is 30.3 Å². The molecule has 5 nitrogen and oxygen atoms in total. The Kier molecular flexibility index (Phi) is 5.08. The second kappa shape index (κ2) is 7.22. The maximum atomic E-state index is 12.5. The first kappa shape index (κ1) is 15.5. The largest absolute Gasteiger partial charge is 0.376 e. The Morgan fingerprint density at radius 2 is 2.09 bits per heavy atom. The molecule has 3 N–H and O–H groups in total. The van der Waals surface area contributed by atoms with Crippen LogP contribution < -0.4 is 11.1 Å². The minimum Gasteiger partial charge on any atom is -0.376 e. The van der Waals surface area contributed by atoms with Crippen LogP contribution in [0.25, 0.3) is 0 Å². The van der Waals surface area contributed by atoms with Crippen LogP contribution in [0.2, 0.25) is 0 Å². The van der Waals surface area contributed by atoms with Gasteiger partial charge in [-0.25, -0.2) is 0 Å². The molecule has 5 heteroatoms. The van der Waals surface area contributed by atoms with Gasteiger partial charge in [-0.2, -0.15) is 0 Å². The minimum atomic E-state index is -0.388. The summed E-state index contributed by atoms with van der Waals surface area (Å²) >= 11 is 0. The van der Waals surface area contributed by atoms with E-state index in [1.807, 2.05) is 30.3 Å². The standard InChI is InChI=1S/C17H24N2O3/c18-11-13-8-9-15(22-13)17(20)19-16(14-7-4-10-21-14)12-5-2-1-3-6-12/h1-3,5-6,13-16H,4,7-11,18H2,(H,19,20)/t13-,14?,15+,16?/m1/s1. The van der Waals surface area contributed by atoms with Crippen molar-refractivity contribution in [3.8, 4) is 0 Å². The Bertz CT molecular complexity index is 488. The molecule has 0 saturated carbocycles. The van der Waals surface area contributed by atoms with Crippen LogP contribution in [0.3, 0.4) is 0 Å². The third-order valence-corrected chi connectivity index (χ3v) is 4.46. The van der Waals surface area contributed by atoms with Crippen molar-refractivity contribution in [1.82, 2.24) is 5.32 Å². The first-order valence-electron chi connectivity index (χ1n) is 8.10. The second-order valence-corrected chi connectivity index (χ2v) is 6.01. The van der Waals surface area contributed by atoms with Gasteiger partial charge in [0, 0.05) is 13.2 Å². The quantitative estimate of drug-likeness (QED) is 0.865. The highest BCUT2D eigenvalue weighted by atomic mass is 16.5. The van der Waals surface area contributed by atoms with Crippen molar-refractivity contribution in [1.29, 1.82) is 0 Å². The molecule has 3 rings (SSSR count). The van der Waals surface area contributed by atoms with Gasteiger partial charge in [-0.3, -0.25) is 4.79 Å². The molecule has 2 saturated heterocycles. The molecular weight excluding hydrogens is 280 g/mol. The normalized spacial score (nSPS) is 29.4. The molecule has 2 aliphatic heterocycles. The topological polar surface area (TPSA) is 73.6 Å². The third-order valence-electron chi connectivity index (χ3n) is 4.46. The van der Waals surface area contributed by atoms with E-state index in [1.54, 1.807) is 0 Å². The number of rotatable bonds is 5. The van der Waals surface area contributed by atoms with E-state index in [0.29, 0.717) is 6.54 Å². The number of hydrogen-bond donors (Lipinski definition) is 2. The fourth-order valence-electron chi connectivity index (χ4n) is 3.23. The van der Waals surface area contributed by atoms with Gasteiger partial charge in [0.25, 0.3) is 0 Å². The van der Waals surface area contributed by atoms with Crippen molar-refractivity contribution in [2.45, 2.75) is 50.0 Å². The molecule has 120 valence electrons. The van der Waals surface area contributed by atoms with E-state index in [1.165, 1.54) is 0 Å². The molecule has 2 unspecified atom stereocenters. The highest BCUT2D eigenvalue weighted by molar-refractivity contribution is 5.81. The summed E-state index contributed by atoms with van der Waals surface area (Å²) in [6.45, 7) is 1.23. The van der Waals surface area contributed by atoms with Crippen LogP contribution in [0.15, 0.2) is 30.3 Å². The number of nitrogens with two attached hydrogens (primary N) is 1. The zero-order valence-electron chi connectivity index (χ0n) is 12.7. The minimum absolute atomic E-state index is 0.00801. The smallest absolute Gasteiger partial charge is 0.249 e. The average molecular weight is 304 g/mol. The lowest BCUT2D eigenvalue weighted by Crippen LogP contribution is -2.42. The number of hydrogen-bond acceptors (Lipinski definition) is 4. The summed E-state index contributed by atoms with van der Waals surface area (Å²) < 4.78 is 11.5. The Hall–Kier alpha value is -1.43. The van der Waals surface area contributed by atoms with Gasteiger partial charge in [-0.15, -0.1) is 0 Å². The van der Waals surface area contributed by atoms with Gasteiger partial charge in [-0.1, -0.05) is 30.3 Å². The summed E-state index contributed by atoms with van der Waals surface area (Å²) in [4.78, 5) is 12.5. The monoisotopic (exact) mass is 304 g/mol. The molecule has 2 heterocycles. The van der Waals surface area contributed by atoms with Gasteiger partial charge in [0.2, 0.25) is 5.91 Å². The summed E-state index contributed by atoms with van der Waals surface area (Å²) in [6, 6.07) is 9.90. The van der Waals surface area contributed by atoms with Crippen molar-refractivity contribution in [3.05, 3.63) is 35.9 Å². The highest BCUT2D eigenvalue weighted by Gasteiger charge is 2.34. The Balaban J connectivity index is 1.69. The summed E-state index contributed by atoms with van der Waals surface area (Å²) in [5.74, 6) is -0.0553. The molecule has 1 aromatic rings. The summed E-state index contributed by atoms with van der Waals surface area (Å²) in [5.41, 5.74) is 6.69. The lowest BCUT2D eigenvalue weighted by molar-refractivity contribution is -0.133. The predicted octanol–water partition coefficient (Wildman–Crippen LogP) is 1.53. The van der Waals surface area contributed by atoms with E-state index in [4.69, 9.17) is 15.2 Å². The maximum absolute atomic E-state index is 12.5. The fraction of sp³-hybridized carbons (Fsp3) is 0.588. The second-order valence-electron chi connectivity index (χ2n) is 6.01. The van der Waals surface area contributed by atoms with Crippen molar-refractivity contribution in [2.75, 3.05) is 13.2 Å². The van der Waals surface area contributed by atoms with Crippen LogP contribution in [0.5, 0.6) is 0 Å². The van der Waals surface area contributed by atoms with Crippen LogP contribution in [0.1, 0.15) is 37.3 Å². The predicted molar refractivity (Wildman–Crippen MR) is 83.2 cm³/mol. The lowest BCUT2D eigenvalue weighted by atomic mass is 9.99. The molecule has 0 bridgehead atoms. The van der Waals surface area contributed by atoms with E-state index in [2.05, 4.69) is 5.32 Å². The van der Waals surface area contributed by atoms with E-state index >= 15 is 0 Å². The van der Waals surface area contributed by atoms with Crippen LogP contribution in [-0.4, -0.2) is 37.4 Å². The Morgan fingerprint density at radius 1 is 1.27 bits per heavy atom. The summed E-state index contributed by atoms with van der Waals surface area (Å²) in [5, 5.41) is 3.13. The van der Waals surface area contributed by atoms with E-state index in [0.717, 1.165) is 37.9 Å². The molecule has 0 radical (unpaired) electrons. The fourth-order valence-corrected chi connectivity index (χ4v) is 3.23. The van der Waals surface area contributed by atoms with Gasteiger partial charge < -0.3 is 20.5 Å². The molecule has 2 aliphatic rings. The average Bonchev–Trinajstić information content (AvgIpc) is 3.24. The Morgan fingerprint density at radius 3 is 2.73 bits per heavy atom. The van der Waals surface area contributed by atoms with Crippen LogP contribution in [0, 0.1) is 0 Å². The molecule has 0 aromatic heterocycles. The molecular formula is C17H24N2O3.